The fraction of sp³-hybridized carbons (Fsp3) is 0.421. The highest BCUT2D eigenvalue weighted by Gasteiger charge is 2.26. The number of aliphatic hydroxyl groups excluding tert-OH is 1. The van der Waals surface area contributed by atoms with Crippen molar-refractivity contribution in [1.82, 2.24) is 9.47 Å². The highest BCUT2D eigenvalue weighted by molar-refractivity contribution is 5.28. The minimum Gasteiger partial charge on any atom is -0.388 e. The molecule has 1 aliphatic rings. The van der Waals surface area contributed by atoms with Gasteiger partial charge in [0.15, 0.2) is 0 Å². The zero-order valence-electron chi connectivity index (χ0n) is 13.8. The number of likely N-dealkylation sites (tertiary alicyclic amines) is 1. The van der Waals surface area contributed by atoms with E-state index in [2.05, 4.69) is 11.0 Å². The number of aliphatic hydroxyl groups is 1. The van der Waals surface area contributed by atoms with Crippen LogP contribution in [0, 0.1) is 23.1 Å². The van der Waals surface area contributed by atoms with Gasteiger partial charge in [-0.15, -0.1) is 0 Å². The zero-order valence-corrected chi connectivity index (χ0v) is 13.8. The number of aryl methyl sites for hydroxylation is 1. The van der Waals surface area contributed by atoms with Crippen LogP contribution in [0.15, 0.2) is 36.5 Å². The van der Waals surface area contributed by atoms with Gasteiger partial charge >= 0.3 is 0 Å². The zero-order chi connectivity index (χ0) is 17.1. The number of hydrogen-bond donors (Lipinski definition) is 1. The van der Waals surface area contributed by atoms with Crippen molar-refractivity contribution in [2.45, 2.75) is 25.5 Å². The first-order chi connectivity index (χ1) is 11.6. The number of nitriles is 1. The Balaban J connectivity index is 1.55. The Morgan fingerprint density at radius 1 is 1.29 bits per heavy atom. The minimum atomic E-state index is -0.533. The maximum Gasteiger partial charge on any atom is 0.123 e. The minimum absolute atomic E-state index is 0.206. The van der Waals surface area contributed by atoms with E-state index < -0.39 is 6.10 Å². The SMILES string of the molecule is Cn1cc(CN2CCC(C(O)c3ccc(F)cc3)CC2)cc1C#N. The lowest BCUT2D eigenvalue weighted by molar-refractivity contribution is 0.0567. The van der Waals surface area contributed by atoms with Crippen molar-refractivity contribution in [3.63, 3.8) is 0 Å². The molecule has 0 bridgehead atoms. The lowest BCUT2D eigenvalue weighted by Crippen LogP contribution is -2.35. The number of nitrogens with zero attached hydrogens (tertiary/aromatic N) is 3. The number of piperidine rings is 1. The Kier molecular flexibility index (Phi) is 4.98. The Morgan fingerprint density at radius 2 is 1.96 bits per heavy atom. The molecule has 1 unspecified atom stereocenters. The van der Waals surface area contributed by atoms with Gasteiger partial charge in [0, 0.05) is 19.8 Å². The van der Waals surface area contributed by atoms with E-state index in [1.54, 1.807) is 12.1 Å². The maximum atomic E-state index is 13.0. The van der Waals surface area contributed by atoms with Crippen molar-refractivity contribution >= 4 is 0 Å². The largest absolute Gasteiger partial charge is 0.388 e. The molecule has 0 radical (unpaired) electrons. The molecule has 0 amide bonds. The van der Waals surface area contributed by atoms with E-state index in [-0.39, 0.29) is 11.7 Å². The van der Waals surface area contributed by atoms with E-state index >= 15 is 0 Å². The fourth-order valence-corrected chi connectivity index (χ4v) is 3.45. The van der Waals surface area contributed by atoms with Crippen molar-refractivity contribution in [3.05, 3.63) is 59.2 Å². The molecule has 1 atom stereocenters. The summed E-state index contributed by atoms with van der Waals surface area (Å²) >= 11 is 0. The van der Waals surface area contributed by atoms with E-state index in [1.807, 2.05) is 23.9 Å². The van der Waals surface area contributed by atoms with Crippen LogP contribution in [-0.2, 0) is 13.6 Å². The first-order valence-corrected chi connectivity index (χ1v) is 8.28. The van der Waals surface area contributed by atoms with E-state index in [9.17, 15) is 9.50 Å². The average Bonchev–Trinajstić information content (AvgIpc) is 2.95. The van der Waals surface area contributed by atoms with Gasteiger partial charge in [-0.2, -0.15) is 5.26 Å². The molecule has 24 heavy (non-hydrogen) atoms. The molecular weight excluding hydrogens is 305 g/mol. The van der Waals surface area contributed by atoms with Crippen molar-refractivity contribution in [3.8, 4) is 6.07 Å². The fourth-order valence-electron chi connectivity index (χ4n) is 3.45. The Labute approximate surface area is 141 Å². The van der Waals surface area contributed by atoms with Gasteiger partial charge in [0.05, 0.1) is 6.10 Å². The topological polar surface area (TPSA) is 52.2 Å². The molecule has 0 spiro atoms. The van der Waals surface area contributed by atoms with E-state index in [0.29, 0.717) is 5.69 Å². The van der Waals surface area contributed by atoms with Gasteiger partial charge in [0.2, 0.25) is 0 Å². The van der Waals surface area contributed by atoms with Crippen molar-refractivity contribution in [2.24, 2.45) is 13.0 Å². The molecule has 1 aromatic carbocycles. The van der Waals surface area contributed by atoms with E-state index in [0.717, 1.165) is 43.6 Å². The van der Waals surface area contributed by atoms with Crippen LogP contribution in [0.1, 0.15) is 35.8 Å². The Bertz CT molecular complexity index is 724. The molecule has 0 aliphatic carbocycles. The molecular formula is C19H22FN3O. The third-order valence-corrected chi connectivity index (χ3v) is 4.87. The first-order valence-electron chi connectivity index (χ1n) is 8.28. The van der Waals surface area contributed by atoms with Crippen LogP contribution < -0.4 is 0 Å². The van der Waals surface area contributed by atoms with Crippen LogP contribution in [0.4, 0.5) is 4.39 Å². The van der Waals surface area contributed by atoms with Crippen LogP contribution in [-0.4, -0.2) is 27.7 Å². The molecule has 5 heteroatoms. The summed E-state index contributed by atoms with van der Waals surface area (Å²) < 4.78 is 14.8. The lowest BCUT2D eigenvalue weighted by atomic mass is 9.87. The first kappa shape index (κ1) is 16.7. The van der Waals surface area contributed by atoms with Crippen molar-refractivity contribution < 1.29 is 9.50 Å². The summed E-state index contributed by atoms with van der Waals surface area (Å²) in [6, 6.07) is 10.2. The normalized spacial score (nSPS) is 17.6. The Morgan fingerprint density at radius 3 is 2.54 bits per heavy atom. The molecule has 3 rings (SSSR count). The molecule has 2 aromatic rings. The molecule has 126 valence electrons. The second-order valence-corrected chi connectivity index (χ2v) is 6.57. The summed E-state index contributed by atoms with van der Waals surface area (Å²) in [5.41, 5.74) is 2.61. The summed E-state index contributed by atoms with van der Waals surface area (Å²) in [5.74, 6) is -0.0717. The Hall–Kier alpha value is -2.16. The number of aromatic nitrogens is 1. The standard InChI is InChI=1S/C19H22FN3O/c1-22-12-14(10-18(22)11-21)13-23-8-6-16(7-9-23)19(24)15-2-4-17(20)5-3-15/h2-5,10,12,16,19,24H,6-9,13H2,1H3. The van der Waals surface area contributed by atoms with Crippen LogP contribution in [0.3, 0.4) is 0 Å². The van der Waals surface area contributed by atoms with Crippen LogP contribution in [0.5, 0.6) is 0 Å². The average molecular weight is 327 g/mol. The van der Waals surface area contributed by atoms with Crippen LogP contribution in [0.25, 0.3) is 0 Å². The van der Waals surface area contributed by atoms with E-state index in [4.69, 9.17) is 5.26 Å². The van der Waals surface area contributed by atoms with Crippen LogP contribution >= 0.6 is 0 Å². The van der Waals surface area contributed by atoms with Gasteiger partial charge in [-0.25, -0.2) is 4.39 Å². The highest BCUT2D eigenvalue weighted by atomic mass is 19.1. The summed E-state index contributed by atoms with van der Waals surface area (Å²) in [6.07, 6.45) is 3.29. The summed E-state index contributed by atoms with van der Waals surface area (Å²) in [5, 5.41) is 19.5. The van der Waals surface area contributed by atoms with Gasteiger partial charge < -0.3 is 9.67 Å². The summed E-state index contributed by atoms with van der Waals surface area (Å²) in [7, 11) is 1.88. The van der Waals surface area contributed by atoms with Gasteiger partial charge in [0.1, 0.15) is 17.6 Å². The molecule has 1 fully saturated rings. The molecule has 1 N–H and O–H groups in total. The highest BCUT2D eigenvalue weighted by Crippen LogP contribution is 2.31. The van der Waals surface area contributed by atoms with Crippen molar-refractivity contribution in [2.75, 3.05) is 13.1 Å². The van der Waals surface area contributed by atoms with Crippen molar-refractivity contribution in [1.29, 1.82) is 5.26 Å². The maximum absolute atomic E-state index is 13.0. The molecule has 1 aromatic heterocycles. The molecule has 4 nitrogen and oxygen atoms in total. The number of rotatable bonds is 4. The second kappa shape index (κ2) is 7.16. The molecule has 2 heterocycles. The van der Waals surface area contributed by atoms with Gasteiger partial charge in [-0.05, 0) is 61.2 Å². The third-order valence-electron chi connectivity index (χ3n) is 4.87. The van der Waals surface area contributed by atoms with Gasteiger partial charge in [0.25, 0.3) is 0 Å². The number of benzene rings is 1. The molecule has 1 saturated heterocycles. The third kappa shape index (κ3) is 3.66. The molecule has 1 aliphatic heterocycles. The summed E-state index contributed by atoms with van der Waals surface area (Å²) in [4.78, 5) is 2.35. The monoisotopic (exact) mass is 327 g/mol. The lowest BCUT2D eigenvalue weighted by Gasteiger charge is -2.34. The number of hydrogen-bond acceptors (Lipinski definition) is 3. The van der Waals surface area contributed by atoms with Gasteiger partial charge in [-0.1, -0.05) is 12.1 Å². The predicted molar refractivity (Wildman–Crippen MR) is 89.5 cm³/mol. The smallest absolute Gasteiger partial charge is 0.123 e. The predicted octanol–water partition coefficient (Wildman–Crippen LogP) is 2.98. The second-order valence-electron chi connectivity index (χ2n) is 6.57. The van der Waals surface area contributed by atoms with E-state index in [1.165, 1.54) is 12.1 Å². The molecule has 0 saturated carbocycles. The van der Waals surface area contributed by atoms with Crippen LogP contribution in [0.2, 0.25) is 0 Å². The number of halogens is 1. The van der Waals surface area contributed by atoms with Gasteiger partial charge in [-0.3, -0.25) is 4.90 Å². The summed E-state index contributed by atoms with van der Waals surface area (Å²) in [6.45, 7) is 2.66. The quantitative estimate of drug-likeness (QED) is 0.939.